The number of hydrogen-bond acceptors (Lipinski definition) is 4. The van der Waals surface area contributed by atoms with Gasteiger partial charge in [-0.25, -0.2) is 13.1 Å². The summed E-state index contributed by atoms with van der Waals surface area (Å²) in [5, 5.41) is 0.0888. The van der Waals surface area contributed by atoms with Crippen molar-refractivity contribution >= 4 is 43.5 Å². The van der Waals surface area contributed by atoms with E-state index in [0.717, 1.165) is 17.3 Å². The molecule has 6 nitrogen and oxygen atoms in total. The van der Waals surface area contributed by atoms with Crippen LogP contribution < -0.4 is 9.46 Å². The van der Waals surface area contributed by atoms with Crippen molar-refractivity contribution in [2.75, 3.05) is 20.2 Å². The minimum Gasteiger partial charge on any atom is -0.492 e. The van der Waals surface area contributed by atoms with Crippen LogP contribution in [0.4, 0.5) is 0 Å². The number of nitrogens with one attached hydrogen (secondary N) is 1. The molecule has 0 aromatic heterocycles. The highest BCUT2D eigenvalue weighted by molar-refractivity contribution is 9.10. The summed E-state index contributed by atoms with van der Waals surface area (Å²) in [6, 6.07) is 11.6. The van der Waals surface area contributed by atoms with E-state index >= 15 is 0 Å². The van der Waals surface area contributed by atoms with Crippen LogP contribution in [0, 0.1) is 0 Å². The van der Waals surface area contributed by atoms with Gasteiger partial charge in [-0.2, -0.15) is 0 Å². The first-order valence-electron chi connectivity index (χ1n) is 8.72. The Kier molecular flexibility index (Phi) is 6.65. The van der Waals surface area contributed by atoms with Crippen molar-refractivity contribution in [3.8, 4) is 5.75 Å². The van der Waals surface area contributed by atoms with Gasteiger partial charge >= 0.3 is 0 Å². The summed E-state index contributed by atoms with van der Waals surface area (Å²) in [4.78, 5) is 14.1. The average Bonchev–Trinajstić information content (AvgIpc) is 3.46. The van der Waals surface area contributed by atoms with Gasteiger partial charge in [-0.15, -0.1) is 0 Å². The van der Waals surface area contributed by atoms with Crippen molar-refractivity contribution in [1.82, 2.24) is 9.62 Å². The van der Waals surface area contributed by atoms with Crippen LogP contribution in [0.1, 0.15) is 23.2 Å². The number of amides is 1. The summed E-state index contributed by atoms with van der Waals surface area (Å²) in [6.45, 7) is 0.659. The molecule has 0 radical (unpaired) electrons. The van der Waals surface area contributed by atoms with Crippen molar-refractivity contribution in [3.63, 3.8) is 0 Å². The maximum atomic E-state index is 12.7. The smallest absolute Gasteiger partial charge is 0.253 e. The Bertz CT molecular complexity index is 962. The number of sulfonamides is 1. The number of likely N-dealkylation sites (N-methyl/N-ethyl adjacent to an activating group) is 1. The van der Waals surface area contributed by atoms with Gasteiger partial charge in [0, 0.05) is 23.1 Å². The van der Waals surface area contributed by atoms with Gasteiger partial charge in [0.1, 0.15) is 17.3 Å². The largest absolute Gasteiger partial charge is 0.492 e. The summed E-state index contributed by atoms with van der Waals surface area (Å²) >= 11 is 9.42. The van der Waals surface area contributed by atoms with E-state index < -0.39 is 10.0 Å². The van der Waals surface area contributed by atoms with Crippen LogP contribution in [0.3, 0.4) is 0 Å². The lowest BCUT2D eigenvalue weighted by Crippen LogP contribution is -2.31. The highest BCUT2D eigenvalue weighted by atomic mass is 79.9. The summed E-state index contributed by atoms with van der Waals surface area (Å²) in [5.74, 6) is 0.397. The van der Waals surface area contributed by atoms with Crippen molar-refractivity contribution in [1.29, 1.82) is 0 Å². The van der Waals surface area contributed by atoms with Gasteiger partial charge in [0.2, 0.25) is 10.0 Å². The molecule has 0 bridgehead atoms. The van der Waals surface area contributed by atoms with Crippen molar-refractivity contribution in [3.05, 3.63) is 57.5 Å². The molecular weight excluding hydrogens is 468 g/mol. The molecular formula is C19H20BrClN2O4S. The average molecular weight is 488 g/mol. The van der Waals surface area contributed by atoms with Crippen LogP contribution in [0.25, 0.3) is 0 Å². The SMILES string of the molecule is CN(CCOc1ccc(Br)cc1)C(=O)c1ccc(Cl)c(S(=O)(=O)NC2CC2)c1. The molecule has 1 aliphatic carbocycles. The van der Waals surface area contributed by atoms with Gasteiger partial charge in [-0.1, -0.05) is 27.5 Å². The van der Waals surface area contributed by atoms with E-state index in [0.29, 0.717) is 18.9 Å². The molecule has 2 aromatic carbocycles. The highest BCUT2D eigenvalue weighted by Gasteiger charge is 2.30. The first-order chi connectivity index (χ1) is 13.3. The molecule has 1 N–H and O–H groups in total. The molecule has 9 heteroatoms. The quantitative estimate of drug-likeness (QED) is 0.616. The number of nitrogens with zero attached hydrogens (tertiary/aromatic N) is 1. The van der Waals surface area contributed by atoms with Crippen molar-refractivity contribution in [2.24, 2.45) is 0 Å². The maximum Gasteiger partial charge on any atom is 0.253 e. The predicted molar refractivity (Wildman–Crippen MR) is 111 cm³/mol. The Morgan fingerprint density at radius 2 is 1.93 bits per heavy atom. The Morgan fingerprint density at radius 3 is 2.57 bits per heavy atom. The Morgan fingerprint density at radius 1 is 1.25 bits per heavy atom. The van der Waals surface area contributed by atoms with Gasteiger partial charge in [0.25, 0.3) is 5.91 Å². The van der Waals surface area contributed by atoms with E-state index in [2.05, 4.69) is 20.7 Å². The summed E-state index contributed by atoms with van der Waals surface area (Å²) in [5.41, 5.74) is 0.256. The van der Waals surface area contributed by atoms with Gasteiger partial charge in [0.15, 0.2) is 0 Å². The second-order valence-electron chi connectivity index (χ2n) is 6.57. The molecule has 28 heavy (non-hydrogen) atoms. The second-order valence-corrected chi connectivity index (χ2v) is 9.58. The molecule has 1 fully saturated rings. The Hall–Kier alpha value is -1.61. The zero-order valence-electron chi connectivity index (χ0n) is 15.2. The number of halogens is 2. The maximum absolute atomic E-state index is 12.7. The zero-order valence-corrected chi connectivity index (χ0v) is 18.4. The van der Waals surface area contributed by atoms with E-state index in [1.807, 2.05) is 24.3 Å². The molecule has 150 valence electrons. The molecule has 1 amide bonds. The topological polar surface area (TPSA) is 75.7 Å². The third-order valence-electron chi connectivity index (χ3n) is 4.22. The fourth-order valence-electron chi connectivity index (χ4n) is 2.48. The molecule has 0 aliphatic heterocycles. The third-order valence-corrected chi connectivity index (χ3v) is 6.75. The van der Waals surface area contributed by atoms with E-state index in [1.165, 1.54) is 23.1 Å². The Labute approximate surface area is 178 Å². The van der Waals surface area contributed by atoms with Crippen LogP contribution in [-0.2, 0) is 10.0 Å². The lowest BCUT2D eigenvalue weighted by molar-refractivity contribution is 0.0773. The normalized spacial score (nSPS) is 14.0. The van der Waals surface area contributed by atoms with Gasteiger partial charge in [-0.3, -0.25) is 4.79 Å². The van der Waals surface area contributed by atoms with Crippen LogP contribution >= 0.6 is 27.5 Å². The zero-order chi connectivity index (χ0) is 20.3. The van der Waals surface area contributed by atoms with Crippen LogP contribution in [0.5, 0.6) is 5.75 Å². The monoisotopic (exact) mass is 486 g/mol. The van der Waals surface area contributed by atoms with Crippen LogP contribution in [0.2, 0.25) is 5.02 Å². The molecule has 0 atom stereocenters. The summed E-state index contributed by atoms with van der Waals surface area (Å²) in [6.07, 6.45) is 1.63. The van der Waals surface area contributed by atoms with Crippen molar-refractivity contribution in [2.45, 2.75) is 23.8 Å². The number of rotatable bonds is 8. The van der Waals surface area contributed by atoms with E-state index in [-0.39, 0.29) is 27.4 Å². The lowest BCUT2D eigenvalue weighted by Gasteiger charge is -2.18. The summed E-state index contributed by atoms with van der Waals surface area (Å²) < 4.78 is 34.1. The van der Waals surface area contributed by atoms with Gasteiger partial charge in [-0.05, 0) is 55.3 Å². The first-order valence-corrected chi connectivity index (χ1v) is 11.4. The van der Waals surface area contributed by atoms with Crippen LogP contribution in [-0.4, -0.2) is 45.5 Å². The number of carbonyl (C=O) groups is 1. The van der Waals surface area contributed by atoms with E-state index in [1.54, 1.807) is 7.05 Å². The first kappa shape index (κ1) is 21.1. The minimum absolute atomic E-state index is 0.0427. The van der Waals surface area contributed by atoms with Crippen LogP contribution in [0.15, 0.2) is 51.8 Å². The lowest BCUT2D eigenvalue weighted by atomic mass is 10.2. The molecule has 1 saturated carbocycles. The van der Waals surface area contributed by atoms with E-state index in [4.69, 9.17) is 16.3 Å². The van der Waals surface area contributed by atoms with E-state index in [9.17, 15) is 13.2 Å². The standard InChI is InChI=1S/C19H20BrClN2O4S/c1-23(10-11-27-16-7-3-14(20)4-8-16)19(24)13-2-9-17(21)18(12-13)28(25,26)22-15-5-6-15/h2-4,7-9,12,15,22H,5-6,10-11H2,1H3. The number of carbonyl (C=O) groups excluding carboxylic acids is 1. The molecule has 0 spiro atoms. The molecule has 0 saturated heterocycles. The fraction of sp³-hybridized carbons (Fsp3) is 0.316. The highest BCUT2D eigenvalue weighted by Crippen LogP contribution is 2.27. The molecule has 0 unspecified atom stereocenters. The number of benzene rings is 2. The molecule has 3 rings (SSSR count). The summed E-state index contributed by atoms with van der Waals surface area (Å²) in [7, 11) is -2.11. The molecule has 2 aromatic rings. The minimum atomic E-state index is -3.75. The predicted octanol–water partition coefficient (Wildman–Crippen LogP) is 3.69. The number of hydrogen-bond donors (Lipinski definition) is 1. The molecule has 1 aliphatic rings. The third kappa shape index (κ3) is 5.47. The van der Waals surface area contributed by atoms with Gasteiger partial charge < -0.3 is 9.64 Å². The molecule has 0 heterocycles. The van der Waals surface area contributed by atoms with Gasteiger partial charge in [0.05, 0.1) is 11.6 Å². The second kappa shape index (κ2) is 8.82. The van der Waals surface area contributed by atoms with Crippen molar-refractivity contribution < 1.29 is 17.9 Å². The fourth-order valence-corrected chi connectivity index (χ4v) is 4.57. The number of ether oxygens (including phenoxy) is 1. The Balaban J connectivity index is 1.64.